The van der Waals surface area contributed by atoms with Crippen LogP contribution in [-0.2, 0) is 29.2 Å². The molecule has 1 N–H and O–H groups in total. The first-order chi connectivity index (χ1) is 32.3. The van der Waals surface area contributed by atoms with Gasteiger partial charge in [-0.05, 0) is 74.7 Å². The number of likely N-dealkylation sites (N-methyl/N-ethyl adjacent to an activating group) is 1. The van der Waals surface area contributed by atoms with Gasteiger partial charge in [0.1, 0.15) is 53.2 Å². The largest absolute Gasteiger partial charge is 0.497 e. The third-order valence-corrected chi connectivity index (χ3v) is 10.8. The van der Waals surface area contributed by atoms with E-state index in [-0.39, 0.29) is 18.7 Å². The molecule has 16 nitrogen and oxygen atoms in total. The molecule has 6 aromatic rings. The Balaban J connectivity index is 1.36. The van der Waals surface area contributed by atoms with Crippen molar-refractivity contribution in [3.63, 3.8) is 0 Å². The van der Waals surface area contributed by atoms with Gasteiger partial charge in [-0.25, -0.2) is 14.3 Å². The third-order valence-electron chi connectivity index (χ3n) is 10.8. The Morgan fingerprint density at radius 1 is 0.791 bits per heavy atom. The number of aliphatic hydroxyl groups is 1. The molecule has 67 heavy (non-hydrogen) atoms. The molecule has 16 heteroatoms. The summed E-state index contributed by atoms with van der Waals surface area (Å²) in [6.07, 6.45) is 1.91. The number of methoxy groups -OCH3 is 4. The van der Waals surface area contributed by atoms with E-state index < -0.39 is 17.8 Å². The summed E-state index contributed by atoms with van der Waals surface area (Å²) in [5, 5.41) is 17.0. The zero-order valence-electron chi connectivity index (χ0n) is 40.1. The molecule has 0 aliphatic carbocycles. The van der Waals surface area contributed by atoms with Crippen molar-refractivity contribution in [1.82, 2.24) is 24.5 Å². The summed E-state index contributed by atoms with van der Waals surface area (Å²) < 4.78 is 48.5. The molecule has 0 saturated carbocycles. The number of anilines is 1. The van der Waals surface area contributed by atoms with Crippen molar-refractivity contribution in [2.24, 2.45) is 0 Å². The molecule has 2 atom stereocenters. The standard InChI is InChI=1S/C51H64N6O10/c1-10-14-40(25-27-64-34-35-15-12-11-13-16-35)66-49-53-48(56(32-37-19-23-41(60-6)29-44(37)62-8)33-38-20-24-42(61-7)30-45(38)63-9)47-52-31-43(57(47)54-49)46(58)36-17-21-39(22-18-36)65-28-26-55(5)50(59)67-51(2,3)4/h11-13,15-24,29-31,40,46,58H,10,14,25-28,32-34H2,1-9H3. The monoisotopic (exact) mass is 920 g/mol. The molecular weight excluding hydrogens is 857 g/mol. The summed E-state index contributed by atoms with van der Waals surface area (Å²) >= 11 is 0. The van der Waals surface area contributed by atoms with Crippen LogP contribution < -0.4 is 33.3 Å². The highest BCUT2D eigenvalue weighted by molar-refractivity contribution is 5.68. The SMILES string of the molecule is CCCC(CCOCc1ccccc1)Oc1nc(N(Cc2ccc(OC)cc2OC)Cc2ccc(OC)cc2OC)c2ncc(C(O)c3ccc(OCCN(C)C(=O)OC(C)(C)C)cc3)n2n1. The Kier molecular flexibility index (Phi) is 17.5. The zero-order valence-corrected chi connectivity index (χ0v) is 40.1. The summed E-state index contributed by atoms with van der Waals surface area (Å²) in [5.41, 5.74) is 3.53. The number of ether oxygens (including phenoxy) is 8. The maximum absolute atomic E-state index is 12.4. The highest BCUT2D eigenvalue weighted by atomic mass is 16.6. The van der Waals surface area contributed by atoms with Crippen molar-refractivity contribution in [2.75, 3.05) is 60.1 Å². The Hall–Kier alpha value is -6.78. The highest BCUT2D eigenvalue weighted by Crippen LogP contribution is 2.35. The van der Waals surface area contributed by atoms with E-state index in [0.717, 1.165) is 29.5 Å². The molecule has 0 bridgehead atoms. The van der Waals surface area contributed by atoms with Crippen LogP contribution in [0.1, 0.15) is 81.0 Å². The van der Waals surface area contributed by atoms with Crippen molar-refractivity contribution in [2.45, 2.75) is 84.5 Å². The minimum Gasteiger partial charge on any atom is -0.497 e. The van der Waals surface area contributed by atoms with Gasteiger partial charge in [-0.1, -0.05) is 55.8 Å². The van der Waals surface area contributed by atoms with E-state index in [0.29, 0.717) is 90.7 Å². The van der Waals surface area contributed by atoms with E-state index in [1.165, 1.54) is 4.90 Å². The fourth-order valence-electron chi connectivity index (χ4n) is 7.26. The Labute approximate surface area is 393 Å². The molecule has 2 unspecified atom stereocenters. The molecule has 0 aliphatic heterocycles. The molecule has 0 spiro atoms. The maximum atomic E-state index is 12.4. The predicted octanol–water partition coefficient (Wildman–Crippen LogP) is 8.85. The topological polar surface area (TPSA) is 161 Å². The van der Waals surface area contributed by atoms with Crippen LogP contribution in [0.25, 0.3) is 5.65 Å². The molecule has 0 saturated heterocycles. The maximum Gasteiger partial charge on any atom is 0.410 e. The number of imidazole rings is 1. The van der Waals surface area contributed by atoms with Crippen LogP contribution in [-0.4, -0.2) is 103 Å². The quantitative estimate of drug-likeness (QED) is 0.0574. The normalized spacial score (nSPS) is 12.3. The predicted molar refractivity (Wildman–Crippen MR) is 255 cm³/mol. The van der Waals surface area contributed by atoms with Gasteiger partial charge in [-0.15, -0.1) is 5.10 Å². The molecule has 358 valence electrons. The van der Waals surface area contributed by atoms with Gasteiger partial charge in [0.25, 0.3) is 0 Å². The summed E-state index contributed by atoms with van der Waals surface area (Å²) in [6.45, 7) is 9.69. The average molecular weight is 921 g/mol. The van der Waals surface area contributed by atoms with Crippen LogP contribution >= 0.6 is 0 Å². The fourth-order valence-corrected chi connectivity index (χ4v) is 7.26. The lowest BCUT2D eigenvalue weighted by Crippen LogP contribution is -2.36. The van der Waals surface area contributed by atoms with Gasteiger partial charge < -0.3 is 52.8 Å². The van der Waals surface area contributed by atoms with Gasteiger partial charge in [0.2, 0.25) is 0 Å². The molecule has 0 fully saturated rings. The summed E-state index contributed by atoms with van der Waals surface area (Å²) in [5.74, 6) is 3.54. The number of hydrogen-bond acceptors (Lipinski definition) is 14. The number of aromatic nitrogens is 4. The van der Waals surface area contributed by atoms with Gasteiger partial charge in [-0.3, -0.25) is 0 Å². The molecule has 6 rings (SSSR count). The number of rotatable bonds is 24. The van der Waals surface area contributed by atoms with Crippen LogP contribution in [0, 0.1) is 0 Å². The Bertz CT molecular complexity index is 2440. The van der Waals surface area contributed by atoms with Crippen molar-refractivity contribution in [3.8, 4) is 34.8 Å². The van der Waals surface area contributed by atoms with Gasteiger partial charge in [-0.2, -0.15) is 4.98 Å². The van der Waals surface area contributed by atoms with Crippen molar-refractivity contribution < 1.29 is 47.8 Å². The van der Waals surface area contributed by atoms with Crippen LogP contribution in [0.4, 0.5) is 10.6 Å². The van der Waals surface area contributed by atoms with Crippen LogP contribution in [0.3, 0.4) is 0 Å². The number of nitrogens with zero attached hydrogens (tertiary/aromatic N) is 6. The van der Waals surface area contributed by atoms with E-state index in [4.69, 9.17) is 53.0 Å². The lowest BCUT2D eigenvalue weighted by Gasteiger charge is -2.27. The van der Waals surface area contributed by atoms with E-state index in [9.17, 15) is 9.90 Å². The number of fused-ring (bicyclic) bond motifs is 1. The number of amides is 1. The molecular formula is C51H64N6O10. The first-order valence-electron chi connectivity index (χ1n) is 22.4. The summed E-state index contributed by atoms with van der Waals surface area (Å²) in [6, 6.07) is 28.6. The summed E-state index contributed by atoms with van der Waals surface area (Å²) in [4.78, 5) is 25.9. The number of hydrogen-bond donors (Lipinski definition) is 1. The van der Waals surface area contributed by atoms with E-state index in [2.05, 4.69) is 6.92 Å². The lowest BCUT2D eigenvalue weighted by atomic mass is 10.1. The minimum absolute atomic E-state index is 0.101. The lowest BCUT2D eigenvalue weighted by molar-refractivity contribution is 0.0278. The van der Waals surface area contributed by atoms with Gasteiger partial charge in [0.05, 0.1) is 60.1 Å². The smallest absolute Gasteiger partial charge is 0.410 e. The minimum atomic E-state index is -1.16. The summed E-state index contributed by atoms with van der Waals surface area (Å²) in [7, 11) is 8.12. The average Bonchev–Trinajstić information content (AvgIpc) is 3.76. The molecule has 0 radical (unpaired) electrons. The third kappa shape index (κ3) is 13.6. The zero-order chi connectivity index (χ0) is 47.9. The molecule has 4 aromatic carbocycles. The van der Waals surface area contributed by atoms with Gasteiger partial charge in [0.15, 0.2) is 11.5 Å². The number of carbonyl (C=O) groups excluding carboxylic acids is 1. The van der Waals surface area contributed by atoms with E-state index in [1.54, 1.807) is 70.5 Å². The molecule has 2 aromatic heterocycles. The van der Waals surface area contributed by atoms with Gasteiger partial charge >= 0.3 is 12.1 Å². The number of carbonyl (C=O) groups is 1. The van der Waals surface area contributed by atoms with Crippen LogP contribution in [0.15, 0.2) is 97.2 Å². The van der Waals surface area contributed by atoms with Crippen LogP contribution in [0.2, 0.25) is 0 Å². The second-order valence-electron chi connectivity index (χ2n) is 16.9. The van der Waals surface area contributed by atoms with Crippen molar-refractivity contribution >= 4 is 17.6 Å². The number of aliphatic hydroxyl groups excluding tert-OH is 1. The first-order valence-corrected chi connectivity index (χ1v) is 22.4. The van der Waals surface area contributed by atoms with Crippen molar-refractivity contribution in [3.05, 3.63) is 125 Å². The second kappa shape index (κ2) is 23.6. The van der Waals surface area contributed by atoms with Crippen LogP contribution in [0.5, 0.6) is 34.8 Å². The number of benzene rings is 4. The molecule has 0 aliphatic rings. The second-order valence-corrected chi connectivity index (χ2v) is 16.9. The highest BCUT2D eigenvalue weighted by Gasteiger charge is 2.27. The van der Waals surface area contributed by atoms with E-state index in [1.807, 2.05) is 92.4 Å². The van der Waals surface area contributed by atoms with Gasteiger partial charge in [0, 0.05) is 49.8 Å². The molecule has 1 amide bonds. The van der Waals surface area contributed by atoms with Crippen molar-refractivity contribution in [1.29, 1.82) is 0 Å². The Morgan fingerprint density at radius 3 is 2.00 bits per heavy atom. The fraction of sp³-hybridized carbons (Fsp3) is 0.412. The van der Waals surface area contributed by atoms with E-state index >= 15 is 0 Å². The first kappa shape index (κ1) is 49.6. The Morgan fingerprint density at radius 2 is 1.42 bits per heavy atom. The molecule has 2 heterocycles.